The van der Waals surface area contributed by atoms with Crippen LogP contribution in [-0.4, -0.2) is 106 Å². The minimum atomic E-state index is -4.61. The van der Waals surface area contributed by atoms with Crippen molar-refractivity contribution in [3.8, 4) is 0 Å². The molecule has 0 saturated heterocycles. The predicted molar refractivity (Wildman–Crippen MR) is 40.5 cm³/mol. The van der Waals surface area contributed by atoms with E-state index in [0.29, 0.717) is 0 Å². The molecule has 0 aromatic heterocycles. The maximum absolute atomic E-state index is 7.33. The minimum Gasteiger partial charge on any atom is -1.00 e. The zero-order chi connectivity index (χ0) is 4.50. The van der Waals surface area contributed by atoms with Gasteiger partial charge in [-0.3, -0.25) is 0 Å². The van der Waals surface area contributed by atoms with E-state index < -0.39 is 9.05 Å². The van der Waals surface area contributed by atoms with Crippen LogP contribution in [0.5, 0.6) is 0 Å². The van der Waals surface area contributed by atoms with Crippen molar-refractivity contribution in [3.05, 3.63) is 0 Å². The van der Waals surface area contributed by atoms with Gasteiger partial charge in [0, 0.05) is 17.1 Å². The van der Waals surface area contributed by atoms with Crippen LogP contribution in [0.25, 0.3) is 0 Å². The topological polar surface area (TPSA) is 80.9 Å². The first-order chi connectivity index (χ1) is 2.00. The van der Waals surface area contributed by atoms with Crippen LogP contribution in [0.4, 0.5) is 0 Å². The van der Waals surface area contributed by atoms with Crippen LogP contribution in [-0.2, 0) is 17.1 Å². The van der Waals surface area contributed by atoms with Gasteiger partial charge in [-0.15, -0.1) is 0 Å². The quantitative estimate of drug-likeness (QED) is 0.329. The van der Waals surface area contributed by atoms with Gasteiger partial charge in [0.2, 0.25) is 0 Å². The summed E-state index contributed by atoms with van der Waals surface area (Å²) in [7, 11) is -4.61. The van der Waals surface area contributed by atoms with E-state index in [1.54, 1.807) is 0 Å². The van der Waals surface area contributed by atoms with Crippen molar-refractivity contribution >= 4 is 87.2 Å². The molecule has 54 valence electrons. The van der Waals surface area contributed by atoms with Gasteiger partial charge in [-0.25, -0.2) is 0 Å². The Morgan fingerprint density at radius 1 is 1.00 bits per heavy atom. The molecule has 4 N–H and O–H groups in total. The smallest absolute Gasteiger partial charge is 1.00 e. The average Bonchev–Trinajstić information content (AvgIpc) is 0.722. The number of rotatable bonds is 0. The summed E-state index contributed by atoms with van der Waals surface area (Å²) in [4.78, 5) is 29.3. The van der Waals surface area contributed by atoms with Crippen LogP contribution in [0.2, 0.25) is 0 Å². The molecule has 0 aliphatic carbocycles. The van der Waals surface area contributed by atoms with Crippen molar-refractivity contribution in [2.45, 2.75) is 0 Å². The Hall–Kier alpha value is 3.13. The summed E-state index contributed by atoms with van der Waals surface area (Å²) >= 11 is 0. The van der Waals surface area contributed by atoms with Gasteiger partial charge >= 0.3 is 69.8 Å². The van der Waals surface area contributed by atoms with Crippen LogP contribution in [0, 0.1) is 0 Å². The third-order valence-electron chi connectivity index (χ3n) is 0. The van der Waals surface area contributed by atoms with E-state index in [9.17, 15) is 0 Å². The molecule has 9 heavy (non-hydrogen) atoms. The fourth-order valence-electron chi connectivity index (χ4n) is 0. The van der Waals surface area contributed by atoms with Crippen LogP contribution in [0.15, 0.2) is 0 Å². The first kappa shape index (κ1) is 29.6. The predicted octanol–water partition coefficient (Wildman–Crippen LogP) is -4.11. The molecule has 0 aromatic rings. The van der Waals surface area contributed by atoms with Gasteiger partial charge in [0.25, 0.3) is 0 Å². The number of hydrogen-bond donors (Lipinski definition) is 4. The summed E-state index contributed by atoms with van der Waals surface area (Å²) in [6.07, 6.45) is 0. The Morgan fingerprint density at radius 3 is 1.00 bits per heavy atom. The largest absolute Gasteiger partial charge is 2.00 e. The minimum absolute atomic E-state index is 0. The third kappa shape index (κ3) is 94.5. The second-order valence-corrected chi connectivity index (χ2v) is 1.80. The van der Waals surface area contributed by atoms with E-state index in [2.05, 4.69) is 0 Å². The second-order valence-electron chi connectivity index (χ2n) is 0.600. The molecule has 0 saturated carbocycles. The molecule has 0 heterocycles. The molecule has 0 unspecified atom stereocenters. The van der Waals surface area contributed by atoms with Crippen LogP contribution in [0.3, 0.4) is 0 Å². The van der Waals surface area contributed by atoms with Gasteiger partial charge in [0.05, 0.1) is 0 Å². The van der Waals surface area contributed by atoms with Gasteiger partial charge < -0.3 is 24.9 Å². The van der Waals surface area contributed by atoms with Crippen molar-refractivity contribution < 1.29 is 42.0 Å². The van der Waals surface area contributed by atoms with Crippen molar-refractivity contribution in [2.75, 3.05) is 0 Å². The van der Waals surface area contributed by atoms with Gasteiger partial charge in [-0.1, -0.05) is 0 Å². The first-order valence-electron chi connectivity index (χ1n) is 0.894. The molecular formula is H11AlCaFeMgO4Si. The van der Waals surface area contributed by atoms with Crippen LogP contribution in [0.1, 0.15) is 5.71 Å². The molecule has 0 aromatic carbocycles. The van der Waals surface area contributed by atoms with Gasteiger partial charge in [0.1, 0.15) is 0 Å². The van der Waals surface area contributed by atoms with E-state index >= 15 is 0 Å². The second kappa shape index (κ2) is 13.7. The van der Waals surface area contributed by atoms with E-state index in [1.165, 1.54) is 0 Å². The average molecular weight is 250 g/mol. The van der Waals surface area contributed by atoms with Gasteiger partial charge in [0.15, 0.2) is 17.4 Å². The van der Waals surface area contributed by atoms with E-state index in [1.807, 2.05) is 0 Å². The number of hydrogen-bond acceptors (Lipinski definition) is 4. The first-order valence-corrected chi connectivity index (χ1v) is 2.68. The maximum atomic E-state index is 7.33. The summed E-state index contributed by atoms with van der Waals surface area (Å²) < 4.78 is 0. The Balaban J connectivity index is -0.00000000286. The molecule has 9 heteroatoms. The Morgan fingerprint density at radius 2 is 1.00 bits per heavy atom. The van der Waals surface area contributed by atoms with E-state index in [-0.39, 0.29) is 101 Å². The normalized spacial score (nSPS) is 6.67. The Bertz CT molecular complexity index is 47.6. The standard InChI is InChI=1S/Al.Ca.Fe.Mg.H4O4Si.7H/c;;;;1-5(2,3)4;;;;;;;/h;;;;1-4H;;;;;;;/q;+2;;+2;;;;;4*-1. The summed E-state index contributed by atoms with van der Waals surface area (Å²) in [5.74, 6) is 0. The van der Waals surface area contributed by atoms with Crippen LogP contribution >= 0.6 is 0 Å². The molecule has 0 spiro atoms. The summed E-state index contributed by atoms with van der Waals surface area (Å²) in [6.45, 7) is 0. The Labute approximate surface area is 127 Å². The van der Waals surface area contributed by atoms with Gasteiger partial charge in [-0.05, 0) is 0 Å². The zero-order valence-corrected chi connectivity index (χ0v) is 9.78. The molecule has 0 rings (SSSR count). The fraction of sp³-hybridized carbons (Fsp3) is 0. The molecule has 0 atom stereocenters. The van der Waals surface area contributed by atoms with Crippen molar-refractivity contribution in [1.82, 2.24) is 0 Å². The molecule has 4 nitrogen and oxygen atoms in total. The summed E-state index contributed by atoms with van der Waals surface area (Å²) in [5.41, 5.74) is 0. The molecule has 0 fully saturated rings. The molecule has 0 aliphatic rings. The van der Waals surface area contributed by atoms with Crippen molar-refractivity contribution in [3.63, 3.8) is 0 Å². The summed E-state index contributed by atoms with van der Waals surface area (Å²) in [5, 5.41) is 0. The monoisotopic (exact) mass is 250 g/mol. The zero-order valence-electron chi connectivity index (χ0n) is 8.06. The van der Waals surface area contributed by atoms with Crippen LogP contribution < -0.4 is 0 Å². The van der Waals surface area contributed by atoms with E-state index in [4.69, 9.17) is 19.2 Å². The van der Waals surface area contributed by atoms with Crippen molar-refractivity contribution in [1.29, 1.82) is 0 Å². The SMILES string of the molecule is O[Si](O)(O)O.[AlH3].[Ca+2].[Fe].[H-].[H-].[H-].[H-].[Mg+2]. The third-order valence-corrected chi connectivity index (χ3v) is 0. The Kier molecular flexibility index (Phi) is 45.0. The summed E-state index contributed by atoms with van der Waals surface area (Å²) in [6, 6.07) is 0. The molecule has 0 bridgehead atoms. The molecule has 0 amide bonds. The fourth-order valence-corrected chi connectivity index (χ4v) is 0. The molecule has 0 aliphatic heterocycles. The van der Waals surface area contributed by atoms with E-state index in [0.717, 1.165) is 0 Å². The van der Waals surface area contributed by atoms with Crippen molar-refractivity contribution in [2.24, 2.45) is 0 Å². The maximum Gasteiger partial charge on any atom is 2.00 e. The molecule has 0 radical (unpaired) electrons. The molecular weight excluding hydrogens is 239 g/mol. The van der Waals surface area contributed by atoms with Gasteiger partial charge in [-0.2, -0.15) is 0 Å².